The predicted octanol–water partition coefficient (Wildman–Crippen LogP) is 0.778. The number of aromatic nitrogens is 5. The molecule has 0 saturated heterocycles. The van der Waals surface area contributed by atoms with Gasteiger partial charge in [0.1, 0.15) is 12.6 Å². The molecule has 2 aromatic heterocycles. The van der Waals surface area contributed by atoms with Crippen LogP contribution in [-0.2, 0) is 17.8 Å². The van der Waals surface area contributed by atoms with Gasteiger partial charge in [-0.25, -0.2) is 4.68 Å². The Balaban J connectivity index is 1.96. The zero-order chi connectivity index (χ0) is 22.2. The molecule has 0 aliphatic carbocycles. The fraction of sp³-hybridized carbons (Fsp3) is 0.545. The number of methoxy groups -OCH3 is 1. The highest BCUT2D eigenvalue weighted by atomic mass is 16.5. The minimum Gasteiger partial charge on any atom is -0.396 e. The quantitative estimate of drug-likeness (QED) is 0.392. The normalized spacial score (nSPS) is 13.5. The van der Waals surface area contributed by atoms with Gasteiger partial charge in [-0.05, 0) is 40.9 Å². The monoisotopic (exact) mass is 429 g/mol. The maximum Gasteiger partial charge on any atom is 0.257 e. The second-order valence-electron chi connectivity index (χ2n) is 7.97. The topological polar surface area (TPSA) is 110 Å². The molecule has 0 saturated carbocycles. The number of H-pyrrole nitrogens is 1. The van der Waals surface area contributed by atoms with Crippen LogP contribution in [0.15, 0.2) is 29.1 Å². The molecule has 1 unspecified atom stereocenters. The molecule has 2 heterocycles. The molecule has 0 fully saturated rings. The summed E-state index contributed by atoms with van der Waals surface area (Å²) in [7, 11) is 1.65. The third kappa shape index (κ3) is 5.75. The summed E-state index contributed by atoms with van der Waals surface area (Å²) >= 11 is 0. The molecule has 3 aromatic rings. The lowest BCUT2D eigenvalue weighted by Gasteiger charge is -2.27. The molecule has 9 nitrogen and oxygen atoms in total. The highest BCUT2D eigenvalue weighted by Gasteiger charge is 2.29. The van der Waals surface area contributed by atoms with E-state index < -0.39 is 0 Å². The predicted molar refractivity (Wildman–Crippen MR) is 118 cm³/mol. The van der Waals surface area contributed by atoms with Gasteiger partial charge in [-0.2, -0.15) is 0 Å². The molecular weight excluding hydrogens is 396 g/mol. The number of tetrazole rings is 1. The van der Waals surface area contributed by atoms with Crippen LogP contribution in [0.3, 0.4) is 0 Å². The fourth-order valence-corrected chi connectivity index (χ4v) is 4.04. The number of nitrogens with zero attached hydrogens (tertiary/aromatic N) is 4. The minimum atomic E-state index is -0.0768. The molecule has 0 aliphatic heterocycles. The number of benzene rings is 1. The summed E-state index contributed by atoms with van der Waals surface area (Å²) in [5, 5.41) is 22.9. The van der Waals surface area contributed by atoms with E-state index >= 15 is 0 Å². The smallest absolute Gasteiger partial charge is 0.257 e. The number of nitrogens with one attached hydrogen (secondary N) is 2. The van der Waals surface area contributed by atoms with E-state index in [0.29, 0.717) is 32.7 Å². The highest BCUT2D eigenvalue weighted by Crippen LogP contribution is 2.15. The molecule has 0 amide bonds. The second kappa shape index (κ2) is 11.1. The zero-order valence-corrected chi connectivity index (χ0v) is 18.6. The van der Waals surface area contributed by atoms with E-state index in [2.05, 4.69) is 33.5 Å². The van der Waals surface area contributed by atoms with Crippen molar-refractivity contribution < 1.29 is 14.7 Å². The van der Waals surface area contributed by atoms with E-state index in [1.807, 2.05) is 25.1 Å². The summed E-state index contributed by atoms with van der Waals surface area (Å²) in [6.07, 6.45) is 2.47. The van der Waals surface area contributed by atoms with E-state index in [9.17, 15) is 9.90 Å². The lowest BCUT2D eigenvalue weighted by atomic mass is 10.1. The van der Waals surface area contributed by atoms with Gasteiger partial charge in [0, 0.05) is 32.1 Å². The summed E-state index contributed by atoms with van der Waals surface area (Å²) in [5.41, 5.74) is 2.64. The SMILES string of the molecule is CCC[C@@H](c1nnnn1CCOC)[NH+](CCCO)Cc1cc2cc(C)ccc2[nH]c1=O. The molecule has 1 aromatic carbocycles. The zero-order valence-electron chi connectivity index (χ0n) is 18.6. The van der Waals surface area contributed by atoms with E-state index in [4.69, 9.17) is 4.74 Å². The minimum absolute atomic E-state index is 0.0102. The van der Waals surface area contributed by atoms with Crippen LogP contribution in [0.1, 0.15) is 49.2 Å². The molecule has 3 N–H and O–H groups in total. The molecule has 0 radical (unpaired) electrons. The van der Waals surface area contributed by atoms with Gasteiger partial charge in [-0.1, -0.05) is 25.0 Å². The highest BCUT2D eigenvalue weighted by molar-refractivity contribution is 5.79. The van der Waals surface area contributed by atoms with Crippen molar-refractivity contribution in [2.75, 3.05) is 26.9 Å². The lowest BCUT2D eigenvalue weighted by molar-refractivity contribution is -0.946. The molecule has 0 aliphatic rings. The number of quaternary nitrogens is 1. The number of hydrogen-bond acceptors (Lipinski definition) is 6. The molecular formula is C22H33N6O3+. The Morgan fingerprint density at radius 1 is 1.32 bits per heavy atom. The van der Waals surface area contributed by atoms with Gasteiger partial charge in [0.25, 0.3) is 5.56 Å². The fourth-order valence-electron chi connectivity index (χ4n) is 4.04. The van der Waals surface area contributed by atoms with Crippen LogP contribution in [0, 0.1) is 6.92 Å². The summed E-state index contributed by atoms with van der Waals surface area (Å²) in [5.74, 6) is 0.792. The van der Waals surface area contributed by atoms with E-state index in [1.54, 1.807) is 11.8 Å². The van der Waals surface area contributed by atoms with Crippen molar-refractivity contribution in [3.63, 3.8) is 0 Å². The standard InChI is InChI=1S/C22H32N6O3/c1-4-6-20(21-24-25-26-28(21)10-12-31-3)27(9-5-11-29)15-18-14-17-13-16(2)7-8-19(17)23-22(18)30/h7-8,13-14,20,29H,4-6,9-12,15H2,1-3H3,(H,23,30)/p+1/t20-/m0/s1. The third-order valence-corrected chi connectivity index (χ3v) is 5.60. The summed E-state index contributed by atoms with van der Waals surface area (Å²) in [6, 6.07) is 8.01. The van der Waals surface area contributed by atoms with Crippen molar-refractivity contribution in [2.24, 2.45) is 0 Å². The number of ether oxygens (including phenoxy) is 1. The summed E-state index contributed by atoms with van der Waals surface area (Å²) in [4.78, 5) is 17.0. The molecule has 168 valence electrons. The van der Waals surface area contributed by atoms with Gasteiger partial charge in [-0.15, -0.1) is 5.10 Å². The first kappa shape index (κ1) is 23.1. The van der Waals surface area contributed by atoms with Crippen LogP contribution in [0.2, 0.25) is 0 Å². The molecule has 31 heavy (non-hydrogen) atoms. The first-order chi connectivity index (χ1) is 15.1. The Morgan fingerprint density at radius 2 is 2.16 bits per heavy atom. The maximum atomic E-state index is 12.8. The number of aliphatic hydroxyl groups excluding tert-OH is 1. The summed E-state index contributed by atoms with van der Waals surface area (Å²) in [6.45, 7) is 6.61. The first-order valence-corrected chi connectivity index (χ1v) is 10.9. The maximum absolute atomic E-state index is 12.8. The Kier molecular flexibility index (Phi) is 8.27. The first-order valence-electron chi connectivity index (χ1n) is 10.9. The molecule has 0 bridgehead atoms. The average Bonchev–Trinajstić information content (AvgIpc) is 3.22. The van der Waals surface area contributed by atoms with Crippen LogP contribution >= 0.6 is 0 Å². The van der Waals surface area contributed by atoms with Crippen molar-refractivity contribution in [1.82, 2.24) is 25.2 Å². The molecule has 0 spiro atoms. The Hall–Kier alpha value is -2.62. The molecule has 9 heteroatoms. The van der Waals surface area contributed by atoms with Crippen molar-refractivity contribution in [1.29, 1.82) is 0 Å². The van der Waals surface area contributed by atoms with Gasteiger partial charge in [-0.3, -0.25) is 4.79 Å². The largest absolute Gasteiger partial charge is 0.396 e. The number of aliphatic hydroxyl groups is 1. The van der Waals surface area contributed by atoms with Gasteiger partial charge >= 0.3 is 0 Å². The van der Waals surface area contributed by atoms with Crippen molar-refractivity contribution in [3.8, 4) is 0 Å². The van der Waals surface area contributed by atoms with Crippen LogP contribution in [-0.4, -0.2) is 57.2 Å². The van der Waals surface area contributed by atoms with Crippen LogP contribution < -0.4 is 10.5 Å². The van der Waals surface area contributed by atoms with Crippen molar-refractivity contribution in [3.05, 3.63) is 51.6 Å². The number of hydrogen-bond donors (Lipinski definition) is 3. The van der Waals surface area contributed by atoms with Crippen LogP contribution in [0.5, 0.6) is 0 Å². The van der Waals surface area contributed by atoms with E-state index in [0.717, 1.165) is 40.7 Å². The third-order valence-electron chi connectivity index (χ3n) is 5.60. The van der Waals surface area contributed by atoms with Crippen LogP contribution in [0.4, 0.5) is 0 Å². The number of fused-ring (bicyclic) bond motifs is 1. The van der Waals surface area contributed by atoms with Gasteiger partial charge in [0.05, 0.1) is 25.3 Å². The summed E-state index contributed by atoms with van der Waals surface area (Å²) < 4.78 is 6.98. The Bertz CT molecular complexity index is 1030. The molecule has 2 atom stereocenters. The van der Waals surface area contributed by atoms with Gasteiger partial charge in [0.15, 0.2) is 0 Å². The number of pyridine rings is 1. The van der Waals surface area contributed by atoms with Crippen LogP contribution in [0.25, 0.3) is 10.9 Å². The molecule has 3 rings (SSSR count). The second-order valence-corrected chi connectivity index (χ2v) is 7.97. The van der Waals surface area contributed by atoms with E-state index in [-0.39, 0.29) is 18.2 Å². The lowest BCUT2D eigenvalue weighted by Crippen LogP contribution is -3.11. The van der Waals surface area contributed by atoms with E-state index in [1.165, 1.54) is 4.90 Å². The number of aryl methyl sites for hydroxylation is 1. The van der Waals surface area contributed by atoms with Gasteiger partial charge < -0.3 is 19.7 Å². The van der Waals surface area contributed by atoms with Crippen molar-refractivity contribution in [2.45, 2.75) is 52.2 Å². The Morgan fingerprint density at radius 3 is 2.90 bits per heavy atom. The van der Waals surface area contributed by atoms with Crippen molar-refractivity contribution >= 4 is 10.9 Å². The number of rotatable bonds is 12. The van der Waals surface area contributed by atoms with Gasteiger partial charge in [0.2, 0.25) is 5.82 Å². The Labute approximate surface area is 182 Å². The number of aromatic amines is 1. The average molecular weight is 430 g/mol.